The molecule has 2 saturated heterocycles. The topological polar surface area (TPSA) is 26.1 Å². The van der Waals surface area contributed by atoms with E-state index < -0.39 is 0 Å². The number of benzene rings is 1. The summed E-state index contributed by atoms with van der Waals surface area (Å²) in [5.41, 5.74) is 1.55. The second-order valence-electron chi connectivity index (χ2n) is 5.45. The van der Waals surface area contributed by atoms with Gasteiger partial charge in [0.05, 0.1) is 18.8 Å². The minimum absolute atomic E-state index is 0.102. The van der Waals surface area contributed by atoms with Crippen LogP contribution in [0.15, 0.2) is 24.3 Å². The van der Waals surface area contributed by atoms with E-state index in [1.165, 1.54) is 0 Å². The van der Waals surface area contributed by atoms with Crippen LogP contribution in [0, 0.1) is 6.57 Å². The molecule has 0 amide bonds. The largest absolute Gasteiger partial charge is 0.345 e. The summed E-state index contributed by atoms with van der Waals surface area (Å²) in [5.74, 6) is 0. The Morgan fingerprint density at radius 3 is 2.58 bits per heavy atom. The number of hydrogen-bond donors (Lipinski definition) is 0. The second kappa shape index (κ2) is 4.93. The summed E-state index contributed by atoms with van der Waals surface area (Å²) in [6, 6.07) is 7.47. The van der Waals surface area contributed by atoms with Gasteiger partial charge in [-0.2, -0.15) is 0 Å². The Bertz CT molecular complexity index is 484. The second-order valence-corrected chi connectivity index (χ2v) is 5.45. The molecule has 0 N–H and O–H groups in total. The van der Waals surface area contributed by atoms with E-state index in [9.17, 15) is 0 Å². The predicted molar refractivity (Wildman–Crippen MR) is 71.9 cm³/mol. The summed E-state index contributed by atoms with van der Waals surface area (Å²) in [6.07, 6.45) is 1.78. The zero-order valence-corrected chi connectivity index (χ0v) is 11.1. The highest BCUT2D eigenvalue weighted by Crippen LogP contribution is 2.39. The van der Waals surface area contributed by atoms with Crippen molar-refractivity contribution < 1.29 is 9.47 Å². The summed E-state index contributed by atoms with van der Waals surface area (Å²) in [6.45, 7) is 9.76. The molecule has 1 atom stereocenters. The molecule has 1 spiro atoms. The van der Waals surface area contributed by atoms with Gasteiger partial charge in [0.1, 0.15) is 0 Å². The van der Waals surface area contributed by atoms with Crippen molar-refractivity contribution in [3.05, 3.63) is 41.2 Å². The lowest BCUT2D eigenvalue weighted by molar-refractivity contribution is -0.108. The summed E-state index contributed by atoms with van der Waals surface area (Å²) in [4.78, 5) is 5.72. The zero-order chi connectivity index (χ0) is 13.3. The van der Waals surface area contributed by atoms with Crippen LogP contribution in [0.4, 0.5) is 5.69 Å². The average Bonchev–Trinajstić information content (AvgIpc) is 2.87. The van der Waals surface area contributed by atoms with Crippen LogP contribution in [0.3, 0.4) is 0 Å². The first-order valence-electron chi connectivity index (χ1n) is 6.66. The van der Waals surface area contributed by atoms with E-state index >= 15 is 0 Å². The van der Waals surface area contributed by atoms with Crippen molar-refractivity contribution in [3.63, 3.8) is 0 Å². The molecule has 4 nitrogen and oxygen atoms in total. The molecule has 2 heterocycles. The van der Waals surface area contributed by atoms with E-state index in [1.54, 1.807) is 0 Å². The lowest BCUT2D eigenvalue weighted by Crippen LogP contribution is -2.44. The number of ether oxygens (including phenoxy) is 2. The third kappa shape index (κ3) is 2.50. The van der Waals surface area contributed by atoms with Gasteiger partial charge in [0.2, 0.25) is 0 Å². The van der Waals surface area contributed by atoms with Crippen molar-refractivity contribution in [2.75, 3.05) is 26.7 Å². The third-order valence-corrected chi connectivity index (χ3v) is 4.05. The fourth-order valence-corrected chi connectivity index (χ4v) is 2.68. The lowest BCUT2D eigenvalue weighted by Gasteiger charge is -2.35. The van der Waals surface area contributed by atoms with Crippen molar-refractivity contribution in [3.8, 4) is 0 Å². The summed E-state index contributed by atoms with van der Waals surface area (Å²) in [5, 5.41) is 0. The van der Waals surface area contributed by atoms with Crippen LogP contribution in [0.25, 0.3) is 4.85 Å². The molecule has 0 aliphatic carbocycles. The fraction of sp³-hybridized carbons (Fsp3) is 0.533. The van der Waals surface area contributed by atoms with E-state index in [4.69, 9.17) is 16.0 Å². The number of likely N-dealkylation sites (tertiary alicyclic amines) is 1. The maximum Gasteiger partial charge on any atom is 0.187 e. The van der Waals surface area contributed by atoms with Gasteiger partial charge in [-0.1, -0.05) is 24.3 Å². The highest BCUT2D eigenvalue weighted by molar-refractivity contribution is 5.45. The van der Waals surface area contributed by atoms with Gasteiger partial charge in [-0.15, -0.1) is 0 Å². The van der Waals surface area contributed by atoms with Crippen molar-refractivity contribution in [2.45, 2.75) is 24.7 Å². The van der Waals surface area contributed by atoms with Gasteiger partial charge in [-0.05, 0) is 19.9 Å². The Morgan fingerprint density at radius 1 is 1.26 bits per heavy atom. The molecule has 1 aromatic carbocycles. The van der Waals surface area contributed by atoms with Gasteiger partial charge in [0.15, 0.2) is 12.0 Å². The molecule has 0 saturated carbocycles. The molecular formula is C15H18N2O2. The Balaban J connectivity index is 1.70. The van der Waals surface area contributed by atoms with Gasteiger partial charge in [0.25, 0.3) is 0 Å². The minimum atomic E-state index is -0.275. The molecule has 1 unspecified atom stereocenters. The summed E-state index contributed by atoms with van der Waals surface area (Å²) < 4.78 is 12.0. The first kappa shape index (κ1) is 12.6. The van der Waals surface area contributed by atoms with Crippen LogP contribution >= 0.6 is 0 Å². The smallest absolute Gasteiger partial charge is 0.187 e. The number of hydrogen-bond acceptors (Lipinski definition) is 3. The molecular weight excluding hydrogens is 240 g/mol. The Hall–Kier alpha value is -1.41. The molecule has 0 aromatic heterocycles. The quantitative estimate of drug-likeness (QED) is 0.724. The van der Waals surface area contributed by atoms with Crippen molar-refractivity contribution in [1.29, 1.82) is 0 Å². The molecule has 2 aliphatic rings. The van der Waals surface area contributed by atoms with Gasteiger partial charge >= 0.3 is 0 Å². The molecule has 2 fully saturated rings. The van der Waals surface area contributed by atoms with Gasteiger partial charge in [-0.3, -0.25) is 0 Å². The fourth-order valence-electron chi connectivity index (χ4n) is 2.68. The van der Waals surface area contributed by atoms with Crippen LogP contribution in [0.5, 0.6) is 0 Å². The Labute approximate surface area is 113 Å². The molecule has 3 rings (SSSR count). The van der Waals surface area contributed by atoms with Gasteiger partial charge in [0, 0.05) is 18.7 Å². The Kier molecular flexibility index (Phi) is 3.28. The maximum absolute atomic E-state index is 6.96. The highest BCUT2D eigenvalue weighted by Gasteiger charge is 2.43. The average molecular weight is 258 g/mol. The summed E-state index contributed by atoms with van der Waals surface area (Å²) in [7, 11) is 2.14. The number of rotatable bonds is 1. The third-order valence-electron chi connectivity index (χ3n) is 4.05. The van der Waals surface area contributed by atoms with E-state index in [0.717, 1.165) is 31.5 Å². The van der Waals surface area contributed by atoms with Crippen LogP contribution in [-0.2, 0) is 9.47 Å². The van der Waals surface area contributed by atoms with E-state index in [0.29, 0.717) is 12.3 Å². The first-order chi connectivity index (χ1) is 9.21. The van der Waals surface area contributed by atoms with Crippen LogP contribution < -0.4 is 0 Å². The van der Waals surface area contributed by atoms with Crippen molar-refractivity contribution >= 4 is 5.69 Å². The van der Waals surface area contributed by atoms with E-state index in [1.807, 2.05) is 24.3 Å². The van der Waals surface area contributed by atoms with Gasteiger partial charge < -0.3 is 14.4 Å². The molecule has 4 heteroatoms. The normalized spacial score (nSPS) is 26.4. The van der Waals surface area contributed by atoms with Crippen LogP contribution in [0.2, 0.25) is 0 Å². The van der Waals surface area contributed by atoms with Crippen LogP contribution in [0.1, 0.15) is 24.7 Å². The van der Waals surface area contributed by atoms with Crippen molar-refractivity contribution in [2.24, 2.45) is 0 Å². The SMILES string of the molecule is [C-]#[N+]c1ccc(C2OCC3(CCN(C)CC3)O2)cc1. The zero-order valence-electron chi connectivity index (χ0n) is 11.1. The van der Waals surface area contributed by atoms with E-state index in [2.05, 4.69) is 16.8 Å². The van der Waals surface area contributed by atoms with Crippen LogP contribution in [-0.4, -0.2) is 37.2 Å². The van der Waals surface area contributed by atoms with E-state index in [-0.39, 0.29) is 11.9 Å². The van der Waals surface area contributed by atoms with Gasteiger partial charge in [-0.25, -0.2) is 4.85 Å². The predicted octanol–water partition coefficient (Wildman–Crippen LogP) is 2.75. The Morgan fingerprint density at radius 2 is 1.95 bits per heavy atom. The number of piperidine rings is 1. The monoisotopic (exact) mass is 258 g/mol. The minimum Gasteiger partial charge on any atom is -0.345 e. The molecule has 0 radical (unpaired) electrons. The maximum atomic E-state index is 6.96. The molecule has 19 heavy (non-hydrogen) atoms. The summed E-state index contributed by atoms with van der Waals surface area (Å²) >= 11 is 0. The van der Waals surface area contributed by atoms with Crippen molar-refractivity contribution in [1.82, 2.24) is 4.90 Å². The molecule has 0 bridgehead atoms. The molecule has 1 aromatic rings. The molecule has 100 valence electrons. The highest BCUT2D eigenvalue weighted by atomic mass is 16.7. The standard InChI is InChI=1S/C15H18N2O2/c1-16-13-5-3-12(4-6-13)14-18-11-15(19-14)7-9-17(2)10-8-15/h3-6,14H,7-11H2,2H3. The number of nitrogens with zero attached hydrogens (tertiary/aromatic N) is 2. The lowest BCUT2D eigenvalue weighted by atomic mass is 9.93. The molecule has 2 aliphatic heterocycles. The first-order valence-corrected chi connectivity index (χ1v) is 6.66.